The molecule has 0 bridgehead atoms. The van der Waals surface area contributed by atoms with Gasteiger partial charge in [0.1, 0.15) is 6.54 Å². The summed E-state index contributed by atoms with van der Waals surface area (Å²) in [6.07, 6.45) is 1.61. The lowest BCUT2D eigenvalue weighted by atomic mass is 10.1. The number of carbonyl (C=O) groups excluding carboxylic acids is 1. The Labute approximate surface area is 157 Å². The van der Waals surface area contributed by atoms with Gasteiger partial charge in [-0.15, -0.1) is 0 Å². The van der Waals surface area contributed by atoms with Gasteiger partial charge in [0.15, 0.2) is 5.75 Å². The van der Waals surface area contributed by atoms with Gasteiger partial charge >= 0.3 is 0 Å². The van der Waals surface area contributed by atoms with Gasteiger partial charge in [0.25, 0.3) is 5.56 Å². The number of hydrogen-bond acceptors (Lipinski definition) is 4. The van der Waals surface area contributed by atoms with Gasteiger partial charge in [0.2, 0.25) is 5.91 Å². The van der Waals surface area contributed by atoms with Gasteiger partial charge in [-0.25, -0.2) is 0 Å². The molecule has 3 rings (SSSR count). The Morgan fingerprint density at radius 3 is 2.62 bits per heavy atom. The summed E-state index contributed by atoms with van der Waals surface area (Å²) in [6.45, 7) is 4.78. The first-order valence-electron chi connectivity index (χ1n) is 8.52. The number of aryl methyl sites for hydroxylation is 1. The van der Waals surface area contributed by atoms with Crippen LogP contribution in [0.15, 0.2) is 41.3 Å². The molecule has 0 saturated carbocycles. The van der Waals surface area contributed by atoms with Crippen LogP contribution in [0.3, 0.4) is 0 Å². The van der Waals surface area contributed by atoms with E-state index in [1.165, 1.54) is 11.7 Å². The molecule has 7 heteroatoms. The second-order valence-electron chi connectivity index (χ2n) is 6.31. The predicted molar refractivity (Wildman–Crippen MR) is 102 cm³/mol. The van der Waals surface area contributed by atoms with E-state index in [0.29, 0.717) is 18.1 Å². The van der Waals surface area contributed by atoms with E-state index in [2.05, 4.69) is 11.8 Å². The average molecular weight is 376 g/mol. The third-order valence-corrected chi connectivity index (χ3v) is 4.89. The molecule has 2 aromatic rings. The fraction of sp³-hybridized carbons (Fsp3) is 0.368. The maximum atomic E-state index is 12.6. The van der Waals surface area contributed by atoms with Crippen molar-refractivity contribution < 1.29 is 9.53 Å². The molecule has 6 nitrogen and oxygen atoms in total. The zero-order valence-corrected chi connectivity index (χ0v) is 15.7. The highest BCUT2D eigenvalue weighted by molar-refractivity contribution is 6.30. The first kappa shape index (κ1) is 18.3. The molecule has 1 amide bonds. The fourth-order valence-corrected chi connectivity index (χ4v) is 3.33. The fourth-order valence-electron chi connectivity index (χ4n) is 3.16. The van der Waals surface area contributed by atoms with Crippen LogP contribution >= 0.6 is 11.6 Å². The number of piperazine rings is 1. The number of pyridine rings is 1. The summed E-state index contributed by atoms with van der Waals surface area (Å²) < 4.78 is 6.40. The van der Waals surface area contributed by atoms with Gasteiger partial charge in [0.05, 0.1) is 7.11 Å². The standard InChI is InChI=1S/C19H22ClN3O3/c1-14-5-6-15(20)12-16(14)21-8-10-22(11-9-21)18(24)13-23-7-3-4-17(26-2)19(23)25/h3-7,12H,8-11,13H2,1-2H3. The monoisotopic (exact) mass is 375 g/mol. The second-order valence-corrected chi connectivity index (χ2v) is 6.74. The summed E-state index contributed by atoms with van der Waals surface area (Å²) in [5.41, 5.74) is 1.97. The minimum Gasteiger partial charge on any atom is -0.491 e. The molecule has 0 aliphatic carbocycles. The molecule has 0 radical (unpaired) electrons. The highest BCUT2D eigenvalue weighted by Crippen LogP contribution is 2.25. The van der Waals surface area contributed by atoms with Crippen LogP contribution in [0.25, 0.3) is 0 Å². The van der Waals surface area contributed by atoms with E-state index >= 15 is 0 Å². The number of benzene rings is 1. The van der Waals surface area contributed by atoms with Crippen LogP contribution in [0.2, 0.25) is 5.02 Å². The van der Waals surface area contributed by atoms with Gasteiger partial charge in [0, 0.05) is 43.1 Å². The third-order valence-electron chi connectivity index (χ3n) is 4.66. The van der Waals surface area contributed by atoms with E-state index in [4.69, 9.17) is 16.3 Å². The van der Waals surface area contributed by atoms with Crippen LogP contribution in [-0.2, 0) is 11.3 Å². The summed E-state index contributed by atoms with van der Waals surface area (Å²) in [4.78, 5) is 28.8. The van der Waals surface area contributed by atoms with Crippen molar-refractivity contribution in [1.29, 1.82) is 0 Å². The quantitative estimate of drug-likeness (QED) is 0.821. The zero-order chi connectivity index (χ0) is 18.7. The maximum Gasteiger partial charge on any atom is 0.293 e. The Kier molecular flexibility index (Phi) is 5.52. The van der Waals surface area contributed by atoms with Gasteiger partial charge in [-0.1, -0.05) is 17.7 Å². The predicted octanol–water partition coefficient (Wildman–Crippen LogP) is 2.17. The van der Waals surface area contributed by atoms with Crippen LogP contribution in [0.5, 0.6) is 5.75 Å². The van der Waals surface area contributed by atoms with Gasteiger partial charge < -0.3 is 19.1 Å². The Morgan fingerprint density at radius 2 is 1.92 bits per heavy atom. The molecule has 0 unspecified atom stereocenters. The summed E-state index contributed by atoms with van der Waals surface area (Å²) in [5, 5.41) is 0.710. The SMILES string of the molecule is COc1cccn(CC(=O)N2CCN(c3cc(Cl)ccc3C)CC2)c1=O. The topological polar surface area (TPSA) is 54.8 Å². The highest BCUT2D eigenvalue weighted by atomic mass is 35.5. The molecule has 26 heavy (non-hydrogen) atoms. The second kappa shape index (κ2) is 7.83. The summed E-state index contributed by atoms with van der Waals surface area (Å²) >= 11 is 6.11. The van der Waals surface area contributed by atoms with Crippen LogP contribution in [0.4, 0.5) is 5.69 Å². The van der Waals surface area contributed by atoms with Crippen molar-refractivity contribution in [2.45, 2.75) is 13.5 Å². The van der Waals surface area contributed by atoms with E-state index < -0.39 is 0 Å². The van der Waals surface area contributed by atoms with Crippen molar-refractivity contribution in [2.75, 3.05) is 38.2 Å². The summed E-state index contributed by atoms with van der Waals surface area (Å²) in [5.74, 6) is 0.171. The minimum atomic E-state index is -0.295. The van der Waals surface area contributed by atoms with Gasteiger partial charge in [-0.05, 0) is 36.8 Å². The van der Waals surface area contributed by atoms with Crippen LogP contribution in [0, 0.1) is 6.92 Å². The van der Waals surface area contributed by atoms with Crippen LogP contribution < -0.4 is 15.2 Å². The average Bonchev–Trinajstić information content (AvgIpc) is 2.65. The third kappa shape index (κ3) is 3.85. The number of hydrogen-bond donors (Lipinski definition) is 0. The molecular weight excluding hydrogens is 354 g/mol. The van der Waals surface area contributed by atoms with Crippen molar-refractivity contribution in [3.8, 4) is 5.75 Å². The molecular formula is C19H22ClN3O3. The molecule has 138 valence electrons. The molecule has 1 fully saturated rings. The summed E-state index contributed by atoms with van der Waals surface area (Å²) in [7, 11) is 1.44. The number of halogens is 1. The van der Waals surface area contributed by atoms with E-state index in [1.54, 1.807) is 23.2 Å². The van der Waals surface area contributed by atoms with Crippen molar-refractivity contribution in [1.82, 2.24) is 9.47 Å². The van der Waals surface area contributed by atoms with E-state index in [-0.39, 0.29) is 23.8 Å². The zero-order valence-electron chi connectivity index (χ0n) is 14.9. The molecule has 1 aromatic carbocycles. The van der Waals surface area contributed by atoms with Crippen molar-refractivity contribution in [3.05, 3.63) is 57.5 Å². The molecule has 1 aromatic heterocycles. The molecule has 1 aliphatic rings. The molecule has 1 aliphatic heterocycles. The highest BCUT2D eigenvalue weighted by Gasteiger charge is 2.22. The molecule has 1 saturated heterocycles. The Hall–Kier alpha value is -2.47. The normalized spacial score (nSPS) is 14.4. The molecule has 0 atom stereocenters. The number of ether oxygens (including phenoxy) is 1. The Balaban J connectivity index is 1.64. The lowest BCUT2D eigenvalue weighted by Crippen LogP contribution is -2.50. The maximum absolute atomic E-state index is 12.6. The van der Waals surface area contributed by atoms with Gasteiger partial charge in [-0.3, -0.25) is 9.59 Å². The number of methoxy groups -OCH3 is 1. The van der Waals surface area contributed by atoms with Crippen LogP contribution in [-0.4, -0.2) is 48.7 Å². The number of rotatable bonds is 4. The number of anilines is 1. The number of carbonyl (C=O) groups is 1. The van der Waals surface area contributed by atoms with E-state index in [9.17, 15) is 9.59 Å². The van der Waals surface area contributed by atoms with E-state index in [1.807, 2.05) is 18.2 Å². The lowest BCUT2D eigenvalue weighted by molar-refractivity contribution is -0.132. The largest absolute Gasteiger partial charge is 0.491 e. The molecule has 0 spiro atoms. The van der Waals surface area contributed by atoms with Crippen molar-refractivity contribution in [2.24, 2.45) is 0 Å². The van der Waals surface area contributed by atoms with Gasteiger partial charge in [-0.2, -0.15) is 0 Å². The lowest BCUT2D eigenvalue weighted by Gasteiger charge is -2.37. The first-order valence-corrected chi connectivity index (χ1v) is 8.89. The Bertz CT molecular complexity index is 857. The van der Waals surface area contributed by atoms with E-state index in [0.717, 1.165) is 24.3 Å². The minimum absolute atomic E-state index is 0.0201. The molecule has 2 heterocycles. The molecule has 0 N–H and O–H groups in total. The van der Waals surface area contributed by atoms with Crippen LogP contribution in [0.1, 0.15) is 5.56 Å². The number of amides is 1. The summed E-state index contributed by atoms with van der Waals surface area (Å²) in [6, 6.07) is 9.14. The smallest absolute Gasteiger partial charge is 0.293 e. The first-order chi connectivity index (χ1) is 12.5. The number of nitrogens with zero attached hydrogens (tertiary/aromatic N) is 3. The Morgan fingerprint density at radius 1 is 1.19 bits per heavy atom. The number of aromatic nitrogens is 1. The van der Waals surface area contributed by atoms with Crippen molar-refractivity contribution >= 4 is 23.2 Å². The van der Waals surface area contributed by atoms with Crippen molar-refractivity contribution in [3.63, 3.8) is 0 Å².